The second kappa shape index (κ2) is 7.45. The molecule has 1 aromatic carbocycles. The predicted octanol–water partition coefficient (Wildman–Crippen LogP) is 1.66. The van der Waals surface area contributed by atoms with Crippen molar-refractivity contribution in [3.05, 3.63) is 41.9 Å². The van der Waals surface area contributed by atoms with Crippen LogP contribution < -0.4 is 10.1 Å². The van der Waals surface area contributed by atoms with E-state index < -0.39 is 6.10 Å². The van der Waals surface area contributed by atoms with E-state index in [1.54, 1.807) is 25.1 Å². The molecule has 0 bridgehead atoms. The van der Waals surface area contributed by atoms with E-state index in [0.29, 0.717) is 35.2 Å². The summed E-state index contributed by atoms with van der Waals surface area (Å²) in [6, 6.07) is 7.38. The number of methoxy groups -OCH3 is 2. The number of para-hydroxylation sites is 1. The summed E-state index contributed by atoms with van der Waals surface area (Å²) in [5, 5.41) is 18.7. The van der Waals surface area contributed by atoms with Gasteiger partial charge in [0.15, 0.2) is 11.5 Å². The van der Waals surface area contributed by atoms with Gasteiger partial charge in [0.1, 0.15) is 18.2 Å². The van der Waals surface area contributed by atoms with Gasteiger partial charge in [0.05, 0.1) is 24.8 Å². The molecule has 0 aliphatic rings. The quantitative estimate of drug-likeness (QED) is 0.674. The van der Waals surface area contributed by atoms with Crippen LogP contribution in [0.5, 0.6) is 5.75 Å². The van der Waals surface area contributed by atoms with Gasteiger partial charge in [-0.05, 0) is 6.07 Å². The molecule has 132 valence electrons. The van der Waals surface area contributed by atoms with E-state index in [-0.39, 0.29) is 6.54 Å². The molecule has 3 rings (SSSR count). The summed E-state index contributed by atoms with van der Waals surface area (Å²) in [6.07, 6.45) is 0.952. The van der Waals surface area contributed by atoms with Gasteiger partial charge >= 0.3 is 0 Å². The summed E-state index contributed by atoms with van der Waals surface area (Å²) in [4.78, 5) is 8.91. The van der Waals surface area contributed by atoms with E-state index >= 15 is 0 Å². The fourth-order valence-corrected chi connectivity index (χ4v) is 2.64. The highest BCUT2D eigenvalue weighted by molar-refractivity contribution is 5.86. The number of fused-ring (bicyclic) bond motifs is 1. The van der Waals surface area contributed by atoms with Gasteiger partial charge in [-0.1, -0.05) is 18.2 Å². The second-order valence-corrected chi connectivity index (χ2v) is 5.57. The number of ether oxygens (including phenoxy) is 2. The van der Waals surface area contributed by atoms with Crippen LogP contribution in [-0.2, 0) is 18.4 Å². The Balaban J connectivity index is 1.85. The lowest BCUT2D eigenvalue weighted by Gasteiger charge is -2.16. The number of aromatic nitrogens is 4. The third kappa shape index (κ3) is 3.54. The number of rotatable bonds is 7. The van der Waals surface area contributed by atoms with Crippen LogP contribution in [0.25, 0.3) is 11.0 Å². The van der Waals surface area contributed by atoms with Gasteiger partial charge in [0.25, 0.3) is 0 Å². The van der Waals surface area contributed by atoms with E-state index in [4.69, 9.17) is 9.47 Å². The molecule has 0 aliphatic heterocycles. The minimum absolute atomic E-state index is 0.272. The molecule has 0 saturated heterocycles. The monoisotopic (exact) mass is 343 g/mol. The van der Waals surface area contributed by atoms with Gasteiger partial charge in [-0.25, -0.2) is 9.97 Å². The van der Waals surface area contributed by atoms with Crippen molar-refractivity contribution >= 4 is 16.9 Å². The molecule has 2 N–H and O–H groups in total. The number of nitrogens with one attached hydrogen (secondary N) is 1. The Morgan fingerprint density at radius 2 is 2.04 bits per heavy atom. The first-order chi connectivity index (χ1) is 12.1. The Bertz CT molecular complexity index is 865. The normalized spacial score (nSPS) is 12.3. The molecule has 2 heterocycles. The lowest BCUT2D eigenvalue weighted by molar-refractivity contribution is 0.178. The number of nitrogens with zero attached hydrogens (tertiary/aromatic N) is 4. The highest BCUT2D eigenvalue weighted by Gasteiger charge is 2.15. The summed E-state index contributed by atoms with van der Waals surface area (Å²) in [7, 11) is 4.99. The van der Waals surface area contributed by atoms with E-state index in [2.05, 4.69) is 20.4 Å². The van der Waals surface area contributed by atoms with Crippen molar-refractivity contribution < 1.29 is 14.6 Å². The molecule has 8 heteroatoms. The average molecular weight is 343 g/mol. The molecule has 0 fully saturated rings. The fourth-order valence-electron chi connectivity index (χ4n) is 2.64. The maximum atomic E-state index is 10.5. The number of aliphatic hydroxyl groups is 1. The summed E-state index contributed by atoms with van der Waals surface area (Å²) < 4.78 is 12.1. The Kier molecular flexibility index (Phi) is 5.11. The number of aryl methyl sites for hydroxylation is 1. The molecular formula is C17H21N5O3. The van der Waals surface area contributed by atoms with Gasteiger partial charge in [-0.3, -0.25) is 4.68 Å². The Morgan fingerprint density at radius 1 is 1.24 bits per heavy atom. The largest absolute Gasteiger partial charge is 0.496 e. The second-order valence-electron chi connectivity index (χ2n) is 5.57. The van der Waals surface area contributed by atoms with Crippen LogP contribution in [0.15, 0.2) is 30.5 Å². The zero-order chi connectivity index (χ0) is 17.8. The highest BCUT2D eigenvalue weighted by Crippen LogP contribution is 2.26. The molecule has 1 atom stereocenters. The summed E-state index contributed by atoms with van der Waals surface area (Å²) in [5.74, 6) is 1.80. The smallest absolute Gasteiger partial charge is 0.163 e. The van der Waals surface area contributed by atoms with E-state index in [1.807, 2.05) is 31.3 Å². The van der Waals surface area contributed by atoms with Gasteiger partial charge in [-0.2, -0.15) is 5.10 Å². The van der Waals surface area contributed by atoms with Gasteiger partial charge in [0.2, 0.25) is 0 Å². The standard InChI is InChI=1S/C17H21N5O3/c1-22-17-12(8-19-22)16(20-15(21-17)10-24-2)18-9-13(23)11-6-4-5-7-14(11)25-3/h4-8,13,23H,9-10H2,1-3H3,(H,18,20,21)/t13-/m0/s1. The topological polar surface area (TPSA) is 94.3 Å². The van der Waals surface area contributed by atoms with Crippen molar-refractivity contribution in [3.63, 3.8) is 0 Å². The van der Waals surface area contributed by atoms with Gasteiger partial charge in [0, 0.05) is 26.3 Å². The minimum atomic E-state index is -0.747. The van der Waals surface area contributed by atoms with Crippen LogP contribution in [-0.4, -0.2) is 45.6 Å². The zero-order valence-corrected chi connectivity index (χ0v) is 14.4. The minimum Gasteiger partial charge on any atom is -0.496 e. The summed E-state index contributed by atoms with van der Waals surface area (Å²) >= 11 is 0. The lowest BCUT2D eigenvalue weighted by Crippen LogP contribution is -2.15. The van der Waals surface area contributed by atoms with Crippen molar-refractivity contribution in [2.45, 2.75) is 12.7 Å². The number of hydrogen-bond acceptors (Lipinski definition) is 7. The average Bonchev–Trinajstić information content (AvgIpc) is 3.01. The van der Waals surface area contributed by atoms with Gasteiger partial charge in [-0.15, -0.1) is 0 Å². The molecule has 2 aromatic heterocycles. The molecule has 3 aromatic rings. The molecule has 0 spiro atoms. The van der Waals surface area contributed by atoms with Gasteiger partial charge < -0.3 is 19.9 Å². The van der Waals surface area contributed by atoms with Crippen LogP contribution in [0, 0.1) is 0 Å². The van der Waals surface area contributed by atoms with E-state index in [9.17, 15) is 5.11 Å². The fraction of sp³-hybridized carbons (Fsp3) is 0.353. The Hall–Kier alpha value is -2.71. The zero-order valence-electron chi connectivity index (χ0n) is 14.4. The van der Waals surface area contributed by atoms with Crippen LogP contribution >= 0.6 is 0 Å². The third-order valence-corrected chi connectivity index (χ3v) is 3.87. The van der Waals surface area contributed by atoms with Crippen molar-refractivity contribution in [3.8, 4) is 5.75 Å². The lowest BCUT2D eigenvalue weighted by atomic mass is 10.1. The third-order valence-electron chi connectivity index (χ3n) is 3.87. The van der Waals surface area contributed by atoms with Crippen molar-refractivity contribution in [2.75, 3.05) is 26.1 Å². The van der Waals surface area contributed by atoms with Crippen LogP contribution in [0.1, 0.15) is 17.5 Å². The Morgan fingerprint density at radius 3 is 2.80 bits per heavy atom. The predicted molar refractivity (Wildman–Crippen MR) is 93.5 cm³/mol. The Labute approximate surface area is 145 Å². The maximum absolute atomic E-state index is 10.5. The first-order valence-electron chi connectivity index (χ1n) is 7.86. The van der Waals surface area contributed by atoms with Crippen LogP contribution in [0.4, 0.5) is 5.82 Å². The van der Waals surface area contributed by atoms with Crippen LogP contribution in [0.2, 0.25) is 0 Å². The molecule has 0 amide bonds. The van der Waals surface area contributed by atoms with Crippen LogP contribution in [0.3, 0.4) is 0 Å². The molecule has 0 saturated carbocycles. The molecule has 0 unspecified atom stereocenters. The first-order valence-corrected chi connectivity index (χ1v) is 7.86. The van der Waals surface area contributed by atoms with Crippen molar-refractivity contribution in [2.24, 2.45) is 7.05 Å². The molecule has 8 nitrogen and oxygen atoms in total. The number of benzene rings is 1. The number of hydrogen-bond donors (Lipinski definition) is 2. The molecule has 0 radical (unpaired) electrons. The molecule has 25 heavy (non-hydrogen) atoms. The van der Waals surface area contributed by atoms with E-state index in [1.165, 1.54) is 0 Å². The number of anilines is 1. The number of aliphatic hydroxyl groups excluding tert-OH is 1. The summed E-state index contributed by atoms with van der Waals surface area (Å²) in [6.45, 7) is 0.568. The summed E-state index contributed by atoms with van der Waals surface area (Å²) in [5.41, 5.74) is 1.42. The maximum Gasteiger partial charge on any atom is 0.163 e. The van der Waals surface area contributed by atoms with Crippen molar-refractivity contribution in [1.29, 1.82) is 0 Å². The molecule has 0 aliphatic carbocycles. The van der Waals surface area contributed by atoms with Crippen molar-refractivity contribution in [1.82, 2.24) is 19.7 Å². The first kappa shape index (κ1) is 17.1. The molecular weight excluding hydrogens is 322 g/mol. The highest BCUT2D eigenvalue weighted by atomic mass is 16.5. The SMILES string of the molecule is COCc1nc(NC[C@H](O)c2ccccc2OC)c2cnn(C)c2n1. The van der Waals surface area contributed by atoms with E-state index in [0.717, 1.165) is 5.39 Å².